The molecule has 3 aromatic rings. The monoisotopic (exact) mass is 426 g/mol. The van der Waals surface area contributed by atoms with Gasteiger partial charge in [-0.2, -0.15) is 5.10 Å². The van der Waals surface area contributed by atoms with Crippen molar-refractivity contribution in [3.05, 3.63) is 96.8 Å². The minimum absolute atomic E-state index is 0.180. The molecule has 1 aromatic heterocycles. The maximum absolute atomic E-state index is 12.0. The van der Waals surface area contributed by atoms with Gasteiger partial charge in [-0.3, -0.25) is 14.6 Å². The second-order valence-corrected chi connectivity index (χ2v) is 6.91. The van der Waals surface area contributed by atoms with Gasteiger partial charge in [0.1, 0.15) is 12.4 Å². The zero-order chi connectivity index (χ0) is 21.5. The van der Waals surface area contributed by atoms with E-state index >= 15 is 0 Å². The van der Waals surface area contributed by atoms with Crippen molar-refractivity contribution < 1.29 is 9.53 Å². The van der Waals surface area contributed by atoms with E-state index in [2.05, 4.69) is 20.5 Å². The number of hydrogen-bond donors (Lipinski definition) is 3. The third kappa shape index (κ3) is 5.92. The number of aromatic nitrogens is 2. The molecule has 0 fully saturated rings. The van der Waals surface area contributed by atoms with E-state index in [1.54, 1.807) is 25.1 Å². The van der Waals surface area contributed by atoms with E-state index in [1.807, 2.05) is 30.3 Å². The highest BCUT2D eigenvalue weighted by atomic mass is 35.5. The number of carbonyl (C=O) groups excluding carboxylic acids is 1. The largest absolute Gasteiger partial charge is 0.489 e. The number of benzene rings is 2. The summed E-state index contributed by atoms with van der Waals surface area (Å²) in [5, 5.41) is 4.57. The molecular weight excluding hydrogens is 408 g/mol. The number of rotatable bonds is 7. The molecule has 8 nitrogen and oxygen atoms in total. The van der Waals surface area contributed by atoms with Crippen molar-refractivity contribution in [2.24, 2.45) is 5.10 Å². The Morgan fingerprint density at radius 2 is 1.93 bits per heavy atom. The lowest BCUT2D eigenvalue weighted by Gasteiger charge is -2.07. The number of ether oxygens (including phenoxy) is 1. The van der Waals surface area contributed by atoms with Gasteiger partial charge in [-0.15, -0.1) is 0 Å². The van der Waals surface area contributed by atoms with Crippen LogP contribution in [-0.4, -0.2) is 22.1 Å². The lowest BCUT2D eigenvalue weighted by Crippen LogP contribution is -2.30. The fraction of sp³-hybridized carbons (Fsp3) is 0.143. The van der Waals surface area contributed by atoms with Gasteiger partial charge >= 0.3 is 5.69 Å². The van der Waals surface area contributed by atoms with Crippen molar-refractivity contribution in [2.45, 2.75) is 20.0 Å². The van der Waals surface area contributed by atoms with Crippen LogP contribution < -0.4 is 21.4 Å². The standard InChI is InChI=1S/C21H19ClN4O4/c1-13-18(20(28)25-21(29)24-13)10-19(27)26-23-11-15-3-2-4-17(9-15)30-12-14-5-7-16(22)8-6-14/h2-9,11H,10,12H2,1H3,(H,26,27)(H2,24,25,28,29)/b23-11-. The Bertz CT molecular complexity index is 1180. The number of nitrogens with one attached hydrogen (secondary N) is 3. The van der Waals surface area contributed by atoms with Crippen LogP contribution >= 0.6 is 11.6 Å². The van der Waals surface area contributed by atoms with Crippen LogP contribution in [0.5, 0.6) is 5.75 Å². The van der Waals surface area contributed by atoms with Crippen molar-refractivity contribution in [3.8, 4) is 5.75 Å². The molecule has 154 valence electrons. The van der Waals surface area contributed by atoms with Crippen LogP contribution in [0.25, 0.3) is 0 Å². The summed E-state index contributed by atoms with van der Waals surface area (Å²) < 4.78 is 5.76. The second-order valence-electron chi connectivity index (χ2n) is 6.47. The Hall–Kier alpha value is -3.65. The van der Waals surface area contributed by atoms with E-state index in [0.29, 0.717) is 23.1 Å². The molecule has 0 spiro atoms. The van der Waals surface area contributed by atoms with Gasteiger partial charge in [0.05, 0.1) is 12.6 Å². The van der Waals surface area contributed by atoms with Crippen LogP contribution in [0, 0.1) is 6.92 Å². The summed E-state index contributed by atoms with van der Waals surface area (Å²) in [7, 11) is 0. The molecule has 0 bridgehead atoms. The topological polar surface area (TPSA) is 116 Å². The van der Waals surface area contributed by atoms with Gasteiger partial charge in [-0.25, -0.2) is 10.2 Å². The number of carbonyl (C=O) groups is 1. The van der Waals surface area contributed by atoms with Crippen LogP contribution in [0.1, 0.15) is 22.4 Å². The molecule has 9 heteroatoms. The SMILES string of the molecule is Cc1[nH]c(=O)[nH]c(=O)c1CC(=O)N/N=C\c1cccc(OCc2ccc(Cl)cc2)c1. The van der Waals surface area contributed by atoms with Crippen molar-refractivity contribution in [1.29, 1.82) is 0 Å². The summed E-state index contributed by atoms with van der Waals surface area (Å²) in [5.41, 5.74) is 3.38. The van der Waals surface area contributed by atoms with Gasteiger partial charge in [0.25, 0.3) is 5.56 Å². The van der Waals surface area contributed by atoms with Crippen LogP contribution in [0.3, 0.4) is 0 Å². The van der Waals surface area contributed by atoms with Gasteiger partial charge in [-0.1, -0.05) is 35.9 Å². The lowest BCUT2D eigenvalue weighted by atomic mass is 10.1. The van der Waals surface area contributed by atoms with Gasteiger partial charge in [0.2, 0.25) is 5.91 Å². The zero-order valence-electron chi connectivity index (χ0n) is 16.1. The molecule has 0 unspecified atom stereocenters. The third-order valence-electron chi connectivity index (χ3n) is 4.17. The number of hydrazone groups is 1. The van der Waals surface area contributed by atoms with Crippen molar-refractivity contribution in [3.63, 3.8) is 0 Å². The first-order chi connectivity index (χ1) is 14.4. The molecule has 0 saturated heterocycles. The summed E-state index contributed by atoms with van der Waals surface area (Å²) in [6, 6.07) is 14.6. The fourth-order valence-electron chi connectivity index (χ4n) is 2.65. The normalized spacial score (nSPS) is 10.9. The van der Waals surface area contributed by atoms with E-state index < -0.39 is 17.2 Å². The molecule has 0 aliphatic carbocycles. The van der Waals surface area contributed by atoms with Gasteiger partial charge in [0, 0.05) is 16.3 Å². The van der Waals surface area contributed by atoms with Crippen LogP contribution in [0.15, 0.2) is 63.2 Å². The Morgan fingerprint density at radius 3 is 2.67 bits per heavy atom. The predicted molar refractivity (Wildman–Crippen MR) is 114 cm³/mol. The minimum atomic E-state index is -0.613. The highest BCUT2D eigenvalue weighted by Crippen LogP contribution is 2.15. The van der Waals surface area contributed by atoms with Gasteiger partial charge < -0.3 is 9.72 Å². The molecule has 0 aliphatic rings. The molecule has 0 aliphatic heterocycles. The molecule has 1 amide bonds. The van der Waals surface area contributed by atoms with Crippen LogP contribution in [0.4, 0.5) is 0 Å². The van der Waals surface area contributed by atoms with Crippen molar-refractivity contribution in [2.75, 3.05) is 0 Å². The molecule has 30 heavy (non-hydrogen) atoms. The van der Waals surface area contributed by atoms with Crippen LogP contribution in [0.2, 0.25) is 5.02 Å². The molecule has 2 aromatic carbocycles. The summed E-state index contributed by atoms with van der Waals surface area (Å²) >= 11 is 5.87. The molecular formula is C21H19ClN4O4. The number of nitrogens with zero attached hydrogens (tertiary/aromatic N) is 1. The smallest absolute Gasteiger partial charge is 0.325 e. The lowest BCUT2D eigenvalue weighted by molar-refractivity contribution is -0.120. The molecule has 0 radical (unpaired) electrons. The maximum atomic E-state index is 12.0. The summed E-state index contributed by atoms with van der Waals surface area (Å²) in [4.78, 5) is 39.6. The quantitative estimate of drug-likeness (QED) is 0.397. The average Bonchev–Trinajstić information content (AvgIpc) is 2.71. The van der Waals surface area contributed by atoms with E-state index in [4.69, 9.17) is 16.3 Å². The molecule has 3 N–H and O–H groups in total. The van der Waals surface area contributed by atoms with E-state index in [-0.39, 0.29) is 12.0 Å². The van der Waals surface area contributed by atoms with E-state index in [9.17, 15) is 14.4 Å². The van der Waals surface area contributed by atoms with E-state index in [0.717, 1.165) is 11.1 Å². The predicted octanol–water partition coefficient (Wildman–Crippen LogP) is 2.30. The van der Waals surface area contributed by atoms with Crippen molar-refractivity contribution in [1.82, 2.24) is 15.4 Å². The Kier molecular flexibility index (Phi) is 6.82. The Balaban J connectivity index is 1.56. The number of H-pyrrole nitrogens is 2. The summed E-state index contributed by atoms with van der Waals surface area (Å²) in [6.07, 6.45) is 1.26. The molecule has 0 saturated carbocycles. The van der Waals surface area contributed by atoms with E-state index in [1.165, 1.54) is 6.21 Å². The van der Waals surface area contributed by atoms with Gasteiger partial charge in [-0.05, 0) is 42.3 Å². The highest BCUT2D eigenvalue weighted by molar-refractivity contribution is 6.30. The van der Waals surface area contributed by atoms with Crippen molar-refractivity contribution >= 4 is 23.7 Å². The first kappa shape index (κ1) is 21.1. The summed E-state index contributed by atoms with van der Waals surface area (Å²) in [6.45, 7) is 1.94. The third-order valence-corrected chi connectivity index (χ3v) is 4.42. The number of hydrogen-bond acceptors (Lipinski definition) is 5. The summed E-state index contributed by atoms with van der Waals surface area (Å²) in [5.74, 6) is 0.165. The number of aryl methyl sites for hydroxylation is 1. The number of aromatic amines is 2. The maximum Gasteiger partial charge on any atom is 0.325 e. The zero-order valence-corrected chi connectivity index (χ0v) is 16.8. The van der Waals surface area contributed by atoms with Gasteiger partial charge in [0.15, 0.2) is 0 Å². The highest BCUT2D eigenvalue weighted by Gasteiger charge is 2.10. The molecule has 3 rings (SSSR count). The molecule has 0 atom stereocenters. The first-order valence-corrected chi connectivity index (χ1v) is 9.40. The van der Waals surface area contributed by atoms with Crippen LogP contribution in [-0.2, 0) is 17.8 Å². The minimum Gasteiger partial charge on any atom is -0.489 e. The molecule has 1 heterocycles. The first-order valence-electron chi connectivity index (χ1n) is 9.02. The Labute approximate surface area is 176 Å². The number of halogens is 1. The Morgan fingerprint density at radius 1 is 1.17 bits per heavy atom. The fourth-order valence-corrected chi connectivity index (χ4v) is 2.78. The second kappa shape index (κ2) is 9.71. The average molecular weight is 427 g/mol. The number of amides is 1.